The maximum Gasteiger partial charge on any atom is 0.238 e. The molecule has 0 radical (unpaired) electrons. The Bertz CT molecular complexity index is 1250. The van der Waals surface area contributed by atoms with E-state index in [1.807, 2.05) is 42.6 Å². The number of furan rings is 1. The number of aryl methyl sites for hydroxylation is 1. The van der Waals surface area contributed by atoms with E-state index < -0.39 is 0 Å². The van der Waals surface area contributed by atoms with Gasteiger partial charge in [0, 0.05) is 22.5 Å². The van der Waals surface area contributed by atoms with Crippen LogP contribution in [0.15, 0.2) is 53.1 Å². The number of H-pyrrole nitrogens is 1. The zero-order valence-corrected chi connectivity index (χ0v) is 17.1. The molecule has 0 saturated heterocycles. The number of amides is 1. The Kier molecular flexibility index (Phi) is 6.32. The first-order valence-electron chi connectivity index (χ1n) is 10.3. The minimum Gasteiger partial charge on any atom is -0.456 e. The number of benzene rings is 2. The van der Waals surface area contributed by atoms with E-state index in [0.29, 0.717) is 22.6 Å². The molecule has 0 spiro atoms. The quantitative estimate of drug-likeness (QED) is 0.310. The largest absolute Gasteiger partial charge is 0.456 e. The number of rotatable bonds is 9. The molecule has 31 heavy (non-hydrogen) atoms. The second-order valence-electron chi connectivity index (χ2n) is 7.42. The van der Waals surface area contributed by atoms with Crippen LogP contribution in [0.2, 0.25) is 0 Å². The normalized spacial score (nSPS) is 11.1. The van der Waals surface area contributed by atoms with Crippen molar-refractivity contribution in [2.24, 2.45) is 0 Å². The van der Waals surface area contributed by atoms with Crippen LogP contribution in [-0.4, -0.2) is 29.1 Å². The van der Waals surface area contributed by atoms with Crippen molar-refractivity contribution in [3.63, 3.8) is 0 Å². The Morgan fingerprint density at radius 1 is 1.16 bits per heavy atom. The number of hydrogen-bond acceptors (Lipinski definition) is 5. The molecule has 1 amide bonds. The van der Waals surface area contributed by atoms with E-state index in [9.17, 15) is 9.90 Å². The zero-order valence-electron chi connectivity index (χ0n) is 17.1. The topological polar surface area (TPSA) is 114 Å². The molecule has 0 saturated carbocycles. The SMILES string of the molecule is N#Cc1ccc2[nH]cc(CCCCNCC(=O)Nc3c(CO)oc4ccccc34)c2c1. The maximum absolute atomic E-state index is 12.3. The van der Waals surface area contributed by atoms with Crippen molar-refractivity contribution in [2.45, 2.75) is 25.9 Å². The van der Waals surface area contributed by atoms with Crippen LogP contribution in [0, 0.1) is 11.3 Å². The first-order chi connectivity index (χ1) is 15.2. The van der Waals surface area contributed by atoms with Crippen LogP contribution in [0.25, 0.3) is 21.9 Å². The molecule has 0 bridgehead atoms. The minimum absolute atomic E-state index is 0.179. The maximum atomic E-state index is 12.3. The summed E-state index contributed by atoms with van der Waals surface area (Å²) < 4.78 is 5.58. The molecule has 0 fully saturated rings. The Labute approximate surface area is 179 Å². The van der Waals surface area contributed by atoms with Gasteiger partial charge in [0.05, 0.1) is 23.9 Å². The van der Waals surface area contributed by atoms with Gasteiger partial charge in [0.15, 0.2) is 5.76 Å². The van der Waals surface area contributed by atoms with Gasteiger partial charge in [-0.15, -0.1) is 0 Å². The van der Waals surface area contributed by atoms with Crippen molar-refractivity contribution in [1.82, 2.24) is 10.3 Å². The summed E-state index contributed by atoms with van der Waals surface area (Å²) in [5.74, 6) is 0.176. The standard InChI is InChI=1S/C24H24N4O3/c25-12-16-8-9-20-19(11-16)17(13-27-20)5-3-4-10-26-14-23(30)28-24-18-6-1-2-7-21(18)31-22(24)15-29/h1-2,6-9,11,13,26-27,29H,3-5,10,14-15H2,(H,28,30). The number of fused-ring (bicyclic) bond motifs is 2. The molecule has 0 atom stereocenters. The van der Waals surface area contributed by atoms with E-state index in [1.54, 1.807) is 6.07 Å². The molecule has 0 aliphatic rings. The van der Waals surface area contributed by atoms with Crippen LogP contribution in [0.1, 0.15) is 29.7 Å². The van der Waals surface area contributed by atoms with Gasteiger partial charge in [0.2, 0.25) is 5.91 Å². The van der Waals surface area contributed by atoms with Gasteiger partial charge in [-0.25, -0.2) is 0 Å². The number of nitriles is 1. The van der Waals surface area contributed by atoms with Crippen LogP contribution in [0.5, 0.6) is 0 Å². The highest BCUT2D eigenvalue weighted by Crippen LogP contribution is 2.30. The van der Waals surface area contributed by atoms with Gasteiger partial charge in [-0.3, -0.25) is 4.79 Å². The summed E-state index contributed by atoms with van der Waals surface area (Å²) in [4.78, 5) is 15.6. The second kappa shape index (κ2) is 9.47. The predicted molar refractivity (Wildman–Crippen MR) is 120 cm³/mol. The lowest BCUT2D eigenvalue weighted by atomic mass is 10.1. The third-order valence-electron chi connectivity index (χ3n) is 5.31. The summed E-state index contributed by atoms with van der Waals surface area (Å²) in [6, 6.07) is 15.2. The molecule has 0 unspecified atom stereocenters. The number of carbonyl (C=O) groups is 1. The molecule has 4 aromatic rings. The molecule has 7 heteroatoms. The molecule has 0 aliphatic carbocycles. The van der Waals surface area contributed by atoms with Crippen molar-refractivity contribution >= 4 is 33.5 Å². The average molecular weight is 416 g/mol. The zero-order chi connectivity index (χ0) is 21.6. The number of nitrogens with one attached hydrogen (secondary N) is 3. The molecule has 2 aromatic carbocycles. The summed E-state index contributed by atoms with van der Waals surface area (Å²) in [5.41, 5.74) is 4.07. The van der Waals surface area contributed by atoms with Crippen molar-refractivity contribution in [3.8, 4) is 6.07 Å². The lowest BCUT2D eigenvalue weighted by Gasteiger charge is -2.07. The number of carbonyl (C=O) groups excluding carboxylic acids is 1. The van der Waals surface area contributed by atoms with Gasteiger partial charge < -0.3 is 25.1 Å². The molecular weight excluding hydrogens is 392 g/mol. The van der Waals surface area contributed by atoms with E-state index in [0.717, 1.165) is 42.1 Å². The second-order valence-corrected chi connectivity index (χ2v) is 7.42. The van der Waals surface area contributed by atoms with Crippen LogP contribution < -0.4 is 10.6 Å². The van der Waals surface area contributed by atoms with Gasteiger partial charge in [-0.2, -0.15) is 5.26 Å². The summed E-state index contributed by atoms with van der Waals surface area (Å²) >= 11 is 0. The van der Waals surface area contributed by atoms with Crippen LogP contribution in [0.3, 0.4) is 0 Å². The number of aromatic amines is 1. The Balaban J connectivity index is 1.23. The fourth-order valence-electron chi connectivity index (χ4n) is 3.75. The van der Waals surface area contributed by atoms with Crippen LogP contribution in [0.4, 0.5) is 5.69 Å². The molecule has 4 N–H and O–H groups in total. The van der Waals surface area contributed by atoms with Gasteiger partial charge in [0.25, 0.3) is 0 Å². The highest BCUT2D eigenvalue weighted by Gasteiger charge is 2.15. The highest BCUT2D eigenvalue weighted by atomic mass is 16.4. The van der Waals surface area contributed by atoms with Gasteiger partial charge in [-0.05, 0) is 61.7 Å². The van der Waals surface area contributed by atoms with Crippen LogP contribution >= 0.6 is 0 Å². The van der Waals surface area contributed by atoms with Gasteiger partial charge >= 0.3 is 0 Å². The first kappa shape index (κ1) is 20.7. The monoisotopic (exact) mass is 416 g/mol. The van der Waals surface area contributed by atoms with Crippen LogP contribution in [-0.2, 0) is 17.8 Å². The molecule has 7 nitrogen and oxygen atoms in total. The fourth-order valence-corrected chi connectivity index (χ4v) is 3.75. The first-order valence-corrected chi connectivity index (χ1v) is 10.3. The molecule has 2 aromatic heterocycles. The van der Waals surface area contributed by atoms with Gasteiger partial charge in [-0.1, -0.05) is 12.1 Å². The third-order valence-corrected chi connectivity index (χ3v) is 5.31. The van der Waals surface area contributed by atoms with Gasteiger partial charge in [0.1, 0.15) is 12.2 Å². The average Bonchev–Trinajstić information content (AvgIpc) is 3.36. The van der Waals surface area contributed by atoms with E-state index in [1.165, 1.54) is 5.56 Å². The molecule has 0 aliphatic heterocycles. The van der Waals surface area contributed by atoms with E-state index in [4.69, 9.17) is 9.68 Å². The Morgan fingerprint density at radius 2 is 2.03 bits per heavy atom. The van der Waals surface area contributed by atoms with Crippen molar-refractivity contribution in [1.29, 1.82) is 5.26 Å². The summed E-state index contributed by atoms with van der Waals surface area (Å²) in [6.07, 6.45) is 4.80. The van der Waals surface area contributed by atoms with E-state index in [-0.39, 0.29) is 19.1 Å². The lowest BCUT2D eigenvalue weighted by Crippen LogP contribution is -2.29. The fraction of sp³-hybridized carbons (Fsp3) is 0.250. The number of aromatic nitrogens is 1. The highest BCUT2D eigenvalue weighted by molar-refractivity contribution is 6.02. The Morgan fingerprint density at radius 3 is 2.87 bits per heavy atom. The summed E-state index contributed by atoms with van der Waals surface area (Å²) in [6.45, 7) is 0.628. The predicted octanol–water partition coefficient (Wildman–Crippen LogP) is 3.83. The number of aliphatic hydroxyl groups excluding tert-OH is 1. The summed E-state index contributed by atoms with van der Waals surface area (Å²) in [5, 5.41) is 26.5. The third kappa shape index (κ3) is 4.61. The van der Waals surface area contributed by atoms with E-state index in [2.05, 4.69) is 21.7 Å². The van der Waals surface area contributed by atoms with E-state index >= 15 is 0 Å². The number of para-hydroxylation sites is 1. The molecule has 2 heterocycles. The Hall–Kier alpha value is -3.60. The van der Waals surface area contributed by atoms with Crippen molar-refractivity contribution < 1.29 is 14.3 Å². The van der Waals surface area contributed by atoms with Crippen molar-refractivity contribution in [3.05, 3.63) is 65.5 Å². The smallest absolute Gasteiger partial charge is 0.238 e. The molecular formula is C24H24N4O3. The summed E-state index contributed by atoms with van der Waals surface area (Å²) in [7, 11) is 0. The number of anilines is 1. The molecule has 158 valence electrons. The lowest BCUT2D eigenvalue weighted by molar-refractivity contribution is -0.115. The number of hydrogen-bond donors (Lipinski definition) is 4. The van der Waals surface area contributed by atoms with Crippen molar-refractivity contribution in [2.75, 3.05) is 18.4 Å². The minimum atomic E-state index is -0.276. The number of aliphatic hydroxyl groups is 1. The number of nitrogens with zero attached hydrogens (tertiary/aromatic N) is 1. The number of unbranched alkanes of at least 4 members (excludes halogenated alkanes) is 1. The molecule has 4 rings (SSSR count).